The minimum absolute atomic E-state index is 0.0410. The fraction of sp³-hybridized carbons (Fsp3) is 0.409. The third-order valence-corrected chi connectivity index (χ3v) is 5.85. The van der Waals surface area contributed by atoms with Crippen molar-refractivity contribution in [3.05, 3.63) is 52.5 Å². The van der Waals surface area contributed by atoms with Gasteiger partial charge in [0.25, 0.3) is 0 Å². The van der Waals surface area contributed by atoms with E-state index in [9.17, 15) is 4.79 Å². The van der Waals surface area contributed by atoms with Crippen LogP contribution in [-0.4, -0.2) is 40.6 Å². The van der Waals surface area contributed by atoms with Crippen molar-refractivity contribution in [2.75, 3.05) is 19.7 Å². The first-order valence-electron chi connectivity index (χ1n) is 9.95. The van der Waals surface area contributed by atoms with Crippen molar-refractivity contribution < 1.29 is 14.1 Å². The molecule has 0 radical (unpaired) electrons. The van der Waals surface area contributed by atoms with Gasteiger partial charge in [-0.1, -0.05) is 25.1 Å². The normalized spacial score (nSPS) is 16.7. The van der Waals surface area contributed by atoms with Crippen LogP contribution in [0.5, 0.6) is 5.75 Å². The molecule has 1 aliphatic heterocycles. The highest BCUT2D eigenvalue weighted by Crippen LogP contribution is 2.29. The van der Waals surface area contributed by atoms with Crippen molar-refractivity contribution in [2.45, 2.75) is 32.6 Å². The lowest BCUT2D eigenvalue weighted by Gasteiger charge is -2.15. The number of likely N-dealkylation sites (tertiary alicyclic amines) is 1. The van der Waals surface area contributed by atoms with E-state index in [1.54, 1.807) is 11.3 Å². The predicted molar refractivity (Wildman–Crippen MR) is 112 cm³/mol. The zero-order valence-corrected chi connectivity index (χ0v) is 17.5. The van der Waals surface area contributed by atoms with Gasteiger partial charge in [0.2, 0.25) is 17.6 Å². The van der Waals surface area contributed by atoms with Crippen molar-refractivity contribution in [2.24, 2.45) is 5.92 Å². The average Bonchev–Trinajstić information content (AvgIpc) is 3.46. The third-order valence-electron chi connectivity index (χ3n) is 4.91. The van der Waals surface area contributed by atoms with E-state index in [4.69, 9.17) is 9.26 Å². The number of thiophene rings is 1. The number of ether oxygens (including phenoxy) is 1. The van der Waals surface area contributed by atoms with Gasteiger partial charge in [-0.2, -0.15) is 4.98 Å². The van der Waals surface area contributed by atoms with E-state index in [1.165, 1.54) is 4.88 Å². The summed E-state index contributed by atoms with van der Waals surface area (Å²) in [6.07, 6.45) is 1.31. The molecule has 1 atom stereocenters. The summed E-state index contributed by atoms with van der Waals surface area (Å²) >= 11 is 1.72. The van der Waals surface area contributed by atoms with Gasteiger partial charge in [0, 0.05) is 30.0 Å². The van der Waals surface area contributed by atoms with Crippen LogP contribution in [0, 0.1) is 5.92 Å². The molecule has 0 bridgehead atoms. The fourth-order valence-corrected chi connectivity index (χ4v) is 4.03. The Balaban J connectivity index is 1.37. The number of hydrogen-bond donors (Lipinski definition) is 0. The standard InChI is InChI=1S/C22H25N3O3S/c1-15(2)14-27-18-7-5-16(6-8-18)21-23-22(28-24-21)17-12-20(26)25(13-17)10-9-19-4-3-11-29-19/h3-8,11,15,17H,9-10,12-14H2,1-2H3. The van der Waals surface area contributed by atoms with E-state index in [0.29, 0.717) is 37.2 Å². The van der Waals surface area contributed by atoms with Gasteiger partial charge in [0.1, 0.15) is 5.75 Å². The topological polar surface area (TPSA) is 68.5 Å². The second kappa shape index (κ2) is 8.78. The molecule has 1 saturated heterocycles. The summed E-state index contributed by atoms with van der Waals surface area (Å²) in [7, 11) is 0. The molecular weight excluding hydrogens is 386 g/mol. The van der Waals surface area contributed by atoms with Gasteiger partial charge in [-0.05, 0) is 48.1 Å². The Kier molecular flexibility index (Phi) is 5.94. The molecule has 2 aromatic heterocycles. The highest BCUT2D eigenvalue weighted by atomic mass is 32.1. The van der Waals surface area contributed by atoms with E-state index in [1.807, 2.05) is 35.2 Å². The highest BCUT2D eigenvalue weighted by molar-refractivity contribution is 7.09. The molecule has 3 heterocycles. The molecule has 1 aliphatic rings. The summed E-state index contributed by atoms with van der Waals surface area (Å²) in [5, 5.41) is 6.18. The van der Waals surface area contributed by atoms with Gasteiger partial charge < -0.3 is 14.2 Å². The first kappa shape index (κ1) is 19.6. The minimum atomic E-state index is -0.0410. The Morgan fingerprint density at radius 1 is 1.28 bits per heavy atom. The van der Waals surface area contributed by atoms with Gasteiger partial charge in [0.15, 0.2) is 0 Å². The number of carbonyl (C=O) groups is 1. The maximum absolute atomic E-state index is 12.4. The van der Waals surface area contributed by atoms with E-state index in [-0.39, 0.29) is 11.8 Å². The molecule has 1 amide bonds. The summed E-state index contributed by atoms with van der Waals surface area (Å²) in [6.45, 7) is 6.28. The summed E-state index contributed by atoms with van der Waals surface area (Å²) in [4.78, 5) is 20.1. The van der Waals surface area contributed by atoms with Gasteiger partial charge >= 0.3 is 0 Å². The van der Waals surface area contributed by atoms with Crippen LogP contribution in [0.4, 0.5) is 0 Å². The maximum atomic E-state index is 12.4. The van der Waals surface area contributed by atoms with Crippen LogP contribution in [0.1, 0.15) is 37.0 Å². The maximum Gasteiger partial charge on any atom is 0.232 e. The molecule has 0 spiro atoms. The average molecular weight is 412 g/mol. The van der Waals surface area contributed by atoms with Gasteiger partial charge in [0.05, 0.1) is 12.5 Å². The number of carbonyl (C=O) groups excluding carboxylic acids is 1. The summed E-state index contributed by atoms with van der Waals surface area (Å²) in [5.41, 5.74) is 0.871. The number of nitrogens with zero attached hydrogens (tertiary/aromatic N) is 3. The first-order valence-corrected chi connectivity index (χ1v) is 10.8. The Labute approximate surface area is 174 Å². The molecule has 6 nitrogen and oxygen atoms in total. The number of aromatic nitrogens is 2. The van der Waals surface area contributed by atoms with E-state index >= 15 is 0 Å². The first-order chi connectivity index (χ1) is 14.1. The van der Waals surface area contributed by atoms with Gasteiger partial charge in [-0.25, -0.2) is 0 Å². The molecule has 0 N–H and O–H groups in total. The molecule has 29 heavy (non-hydrogen) atoms. The van der Waals surface area contributed by atoms with Crippen LogP contribution in [0.15, 0.2) is 46.3 Å². The van der Waals surface area contributed by atoms with Crippen molar-refractivity contribution in [1.29, 1.82) is 0 Å². The lowest BCUT2D eigenvalue weighted by molar-refractivity contribution is -0.127. The number of rotatable bonds is 8. The summed E-state index contributed by atoms with van der Waals surface area (Å²) in [6, 6.07) is 11.8. The van der Waals surface area contributed by atoms with Gasteiger partial charge in [-0.15, -0.1) is 11.3 Å². The van der Waals surface area contributed by atoms with E-state index in [2.05, 4.69) is 35.4 Å². The van der Waals surface area contributed by atoms with Crippen LogP contribution in [0.25, 0.3) is 11.4 Å². The van der Waals surface area contributed by atoms with Crippen LogP contribution in [-0.2, 0) is 11.2 Å². The molecule has 1 aromatic carbocycles. The number of hydrogen-bond acceptors (Lipinski definition) is 6. The lowest BCUT2D eigenvalue weighted by atomic mass is 10.1. The zero-order chi connectivity index (χ0) is 20.2. The molecule has 7 heteroatoms. The number of amides is 1. The third kappa shape index (κ3) is 4.85. The monoisotopic (exact) mass is 411 g/mol. The molecule has 1 unspecified atom stereocenters. The van der Waals surface area contributed by atoms with Crippen LogP contribution >= 0.6 is 11.3 Å². The van der Waals surface area contributed by atoms with E-state index < -0.39 is 0 Å². The Morgan fingerprint density at radius 2 is 2.10 bits per heavy atom. The van der Waals surface area contributed by atoms with Crippen molar-refractivity contribution in [3.8, 4) is 17.1 Å². The Bertz CT molecular complexity index is 935. The van der Waals surface area contributed by atoms with E-state index in [0.717, 1.165) is 24.3 Å². The highest BCUT2D eigenvalue weighted by Gasteiger charge is 2.34. The molecule has 152 valence electrons. The SMILES string of the molecule is CC(C)COc1ccc(-c2noc(C3CC(=O)N(CCc4cccs4)C3)n2)cc1. The molecule has 3 aromatic rings. The quantitative estimate of drug-likeness (QED) is 0.550. The second-order valence-corrected chi connectivity index (χ2v) is 8.79. The van der Waals surface area contributed by atoms with Crippen LogP contribution in [0.2, 0.25) is 0 Å². The lowest BCUT2D eigenvalue weighted by Crippen LogP contribution is -2.27. The van der Waals surface area contributed by atoms with Crippen LogP contribution < -0.4 is 4.74 Å². The number of benzene rings is 1. The van der Waals surface area contributed by atoms with Crippen molar-refractivity contribution in [3.63, 3.8) is 0 Å². The largest absolute Gasteiger partial charge is 0.493 e. The second-order valence-electron chi connectivity index (χ2n) is 7.76. The van der Waals surface area contributed by atoms with Crippen molar-refractivity contribution >= 4 is 17.2 Å². The minimum Gasteiger partial charge on any atom is -0.493 e. The Morgan fingerprint density at radius 3 is 2.83 bits per heavy atom. The molecule has 0 saturated carbocycles. The molecular formula is C22H25N3O3S. The summed E-state index contributed by atoms with van der Waals surface area (Å²) in [5.74, 6) is 2.49. The smallest absolute Gasteiger partial charge is 0.232 e. The molecule has 4 rings (SSSR count). The Hall–Kier alpha value is -2.67. The molecule has 1 fully saturated rings. The predicted octanol–water partition coefficient (Wildman–Crippen LogP) is 4.39. The zero-order valence-electron chi connectivity index (χ0n) is 16.7. The fourth-order valence-electron chi connectivity index (χ4n) is 3.34. The molecule has 0 aliphatic carbocycles. The van der Waals surface area contributed by atoms with Gasteiger partial charge in [-0.3, -0.25) is 4.79 Å². The van der Waals surface area contributed by atoms with Crippen LogP contribution in [0.3, 0.4) is 0 Å². The van der Waals surface area contributed by atoms with Crippen molar-refractivity contribution in [1.82, 2.24) is 15.0 Å². The summed E-state index contributed by atoms with van der Waals surface area (Å²) < 4.78 is 11.2.